The maximum Gasteiger partial charge on any atom is 0.390 e. The number of fused-ring (bicyclic) bond motifs is 1. The van der Waals surface area contributed by atoms with Gasteiger partial charge in [0.25, 0.3) is 11.8 Å². The van der Waals surface area contributed by atoms with Crippen molar-refractivity contribution in [1.29, 1.82) is 0 Å². The van der Waals surface area contributed by atoms with Gasteiger partial charge < -0.3 is 15.2 Å². The molecule has 2 N–H and O–H groups in total. The summed E-state index contributed by atoms with van der Waals surface area (Å²) in [4.78, 5) is 33.4. The first-order valence-electron chi connectivity index (χ1n) is 13.1. The molecule has 16 heteroatoms. The molecule has 1 aromatic carbocycles. The molecule has 8 nitrogen and oxygen atoms in total. The fourth-order valence-electron chi connectivity index (χ4n) is 5.56. The summed E-state index contributed by atoms with van der Waals surface area (Å²) in [6, 6.07) is 2.57. The first kappa shape index (κ1) is 29.8. The van der Waals surface area contributed by atoms with E-state index in [0.29, 0.717) is 4.90 Å². The molecule has 2 atom stereocenters. The summed E-state index contributed by atoms with van der Waals surface area (Å²) in [5, 5.41) is 6.66. The van der Waals surface area contributed by atoms with Gasteiger partial charge in [0.1, 0.15) is 17.0 Å². The molecule has 2 amide bonds. The van der Waals surface area contributed by atoms with Crippen LogP contribution in [0.5, 0.6) is 0 Å². The second-order valence-electron chi connectivity index (χ2n) is 10.9. The number of halogens is 8. The molecule has 0 bridgehead atoms. The molecular formula is C26H26F8N6O2. The summed E-state index contributed by atoms with van der Waals surface area (Å²) >= 11 is 0. The highest BCUT2D eigenvalue weighted by atomic mass is 19.4. The number of nitrogens with one attached hydrogen (secondary N) is 2. The number of benzene rings is 1. The number of likely N-dealkylation sites (tertiary alicyclic amines) is 1. The van der Waals surface area contributed by atoms with E-state index < -0.39 is 97.0 Å². The van der Waals surface area contributed by atoms with Crippen molar-refractivity contribution in [3.8, 4) is 0 Å². The maximum absolute atomic E-state index is 15.8. The summed E-state index contributed by atoms with van der Waals surface area (Å²) in [5.41, 5.74) is -0.958. The SMILES string of the molecule is Cn1nccc1C(=O)N[C@H](c1nc2c(F)c(C(CC(F)(F)F)C(=O)N3CC(F)(F)C3)ccc2[nH]1)C1CCC(F)(F)CC1. The largest absolute Gasteiger partial charge is 0.390 e. The molecule has 1 saturated carbocycles. The lowest BCUT2D eigenvalue weighted by Gasteiger charge is -2.40. The smallest absolute Gasteiger partial charge is 0.340 e. The number of amides is 2. The summed E-state index contributed by atoms with van der Waals surface area (Å²) in [6.45, 7) is -2.15. The normalized spacial score (nSPS) is 20.3. The van der Waals surface area contributed by atoms with E-state index in [1.165, 1.54) is 30.1 Å². The molecule has 2 fully saturated rings. The van der Waals surface area contributed by atoms with Gasteiger partial charge in [0, 0.05) is 31.6 Å². The van der Waals surface area contributed by atoms with Crippen LogP contribution in [0, 0.1) is 11.7 Å². The Kier molecular flexibility index (Phi) is 7.46. The van der Waals surface area contributed by atoms with Crippen molar-refractivity contribution in [2.24, 2.45) is 13.0 Å². The molecule has 0 radical (unpaired) electrons. The average Bonchev–Trinajstić information content (AvgIpc) is 3.51. The number of imidazole rings is 1. The lowest BCUT2D eigenvalue weighted by Crippen LogP contribution is -2.59. The van der Waals surface area contributed by atoms with E-state index in [0.717, 1.165) is 6.07 Å². The molecule has 3 aromatic rings. The first-order chi connectivity index (χ1) is 19.5. The van der Waals surface area contributed by atoms with Crippen LogP contribution >= 0.6 is 0 Å². The highest BCUT2D eigenvalue weighted by Crippen LogP contribution is 2.42. The van der Waals surface area contributed by atoms with Crippen molar-refractivity contribution in [2.45, 2.75) is 62.1 Å². The van der Waals surface area contributed by atoms with Gasteiger partial charge in [-0.05, 0) is 30.9 Å². The van der Waals surface area contributed by atoms with E-state index in [1.807, 2.05) is 0 Å². The van der Waals surface area contributed by atoms with Crippen LogP contribution in [0.15, 0.2) is 24.4 Å². The Morgan fingerprint density at radius 1 is 1.10 bits per heavy atom. The molecule has 2 aliphatic rings. The van der Waals surface area contributed by atoms with E-state index in [9.17, 15) is 40.3 Å². The number of aryl methyl sites for hydroxylation is 1. The van der Waals surface area contributed by atoms with Gasteiger partial charge in [-0.25, -0.2) is 26.9 Å². The summed E-state index contributed by atoms with van der Waals surface area (Å²) < 4.78 is 112. The monoisotopic (exact) mass is 606 g/mol. The number of hydrogen-bond acceptors (Lipinski definition) is 4. The highest BCUT2D eigenvalue weighted by molar-refractivity contribution is 5.93. The van der Waals surface area contributed by atoms with Gasteiger partial charge in [-0.3, -0.25) is 14.3 Å². The second kappa shape index (κ2) is 10.5. The number of carbonyl (C=O) groups excluding carboxylic acids is 2. The molecule has 1 unspecified atom stereocenters. The molecule has 1 aliphatic heterocycles. The Labute approximate surface area is 233 Å². The van der Waals surface area contributed by atoms with E-state index in [2.05, 4.69) is 20.4 Å². The van der Waals surface area contributed by atoms with Gasteiger partial charge in [-0.2, -0.15) is 18.3 Å². The molecule has 2 aromatic heterocycles. The lowest BCUT2D eigenvalue weighted by atomic mass is 9.81. The number of carbonyl (C=O) groups is 2. The van der Waals surface area contributed by atoms with Crippen LogP contribution in [0.2, 0.25) is 0 Å². The molecule has 0 spiro atoms. The van der Waals surface area contributed by atoms with Gasteiger partial charge in [0.05, 0.1) is 37.0 Å². The number of H-pyrrole nitrogens is 1. The minimum Gasteiger partial charge on any atom is -0.340 e. The molecule has 1 aliphatic carbocycles. The third-order valence-corrected chi connectivity index (χ3v) is 7.77. The van der Waals surface area contributed by atoms with Crippen LogP contribution in [0.4, 0.5) is 35.1 Å². The van der Waals surface area contributed by atoms with Crippen LogP contribution in [0.1, 0.15) is 65.9 Å². The Hall–Kier alpha value is -3.72. The number of aromatic amines is 1. The summed E-state index contributed by atoms with van der Waals surface area (Å²) in [5.74, 6) is -12.0. The fourth-order valence-corrected chi connectivity index (χ4v) is 5.56. The zero-order valence-electron chi connectivity index (χ0n) is 22.1. The quantitative estimate of drug-likeness (QED) is 0.360. The average molecular weight is 607 g/mol. The van der Waals surface area contributed by atoms with Crippen molar-refractivity contribution < 1.29 is 44.7 Å². The van der Waals surface area contributed by atoms with Crippen LogP contribution in [-0.4, -0.2) is 67.6 Å². The molecule has 3 heterocycles. The van der Waals surface area contributed by atoms with Crippen LogP contribution in [-0.2, 0) is 11.8 Å². The first-order valence-corrected chi connectivity index (χ1v) is 13.1. The predicted molar refractivity (Wildman–Crippen MR) is 131 cm³/mol. The van der Waals surface area contributed by atoms with E-state index in [-0.39, 0.29) is 29.9 Å². The van der Waals surface area contributed by atoms with Gasteiger partial charge >= 0.3 is 6.18 Å². The van der Waals surface area contributed by atoms with Gasteiger partial charge in [0.15, 0.2) is 5.82 Å². The molecular weight excluding hydrogens is 580 g/mol. The van der Waals surface area contributed by atoms with Gasteiger partial charge in [-0.15, -0.1) is 0 Å². The van der Waals surface area contributed by atoms with Crippen LogP contribution in [0.25, 0.3) is 11.0 Å². The topological polar surface area (TPSA) is 95.9 Å². The predicted octanol–water partition coefficient (Wildman–Crippen LogP) is 5.25. The van der Waals surface area contributed by atoms with Crippen molar-refractivity contribution in [3.05, 3.63) is 47.3 Å². The van der Waals surface area contributed by atoms with Crippen LogP contribution < -0.4 is 5.32 Å². The zero-order chi connectivity index (χ0) is 30.6. The summed E-state index contributed by atoms with van der Waals surface area (Å²) in [7, 11) is 1.52. The fraction of sp³-hybridized carbons (Fsp3) is 0.538. The molecule has 5 rings (SSSR count). The Bertz CT molecular complexity index is 1480. The lowest BCUT2D eigenvalue weighted by molar-refractivity contribution is -0.175. The minimum absolute atomic E-state index is 0.00324. The van der Waals surface area contributed by atoms with Crippen molar-refractivity contribution in [3.63, 3.8) is 0 Å². The number of rotatable bonds is 7. The van der Waals surface area contributed by atoms with E-state index in [1.54, 1.807) is 0 Å². The van der Waals surface area contributed by atoms with E-state index in [4.69, 9.17) is 0 Å². The third kappa shape index (κ3) is 6.07. The van der Waals surface area contributed by atoms with Crippen LogP contribution in [0.3, 0.4) is 0 Å². The van der Waals surface area contributed by atoms with Crippen molar-refractivity contribution >= 4 is 22.8 Å². The number of alkyl halides is 7. The van der Waals surface area contributed by atoms with Crippen molar-refractivity contribution in [1.82, 2.24) is 30.0 Å². The van der Waals surface area contributed by atoms with Gasteiger partial charge in [0.2, 0.25) is 11.8 Å². The highest BCUT2D eigenvalue weighted by Gasteiger charge is 2.50. The Morgan fingerprint density at radius 3 is 2.33 bits per heavy atom. The van der Waals surface area contributed by atoms with E-state index >= 15 is 4.39 Å². The number of aromatic nitrogens is 4. The standard InChI is InChI=1S/C26H26F8N6O2/c1-39-17(6-9-35-39)22(41)38-19(13-4-7-24(28,29)8-5-13)21-36-16-3-2-14(18(27)20(16)37-21)15(10-26(32,33)34)23(42)40-11-25(30,31)12-40/h2-3,6,9,13,15,19H,4-5,7-8,10-12H2,1H3,(H,36,37)(H,38,41)/t15?,19-/m0/s1. The maximum atomic E-state index is 15.8. The van der Waals surface area contributed by atoms with Gasteiger partial charge in [-0.1, -0.05) is 6.07 Å². The summed E-state index contributed by atoms with van der Waals surface area (Å²) in [6.07, 6.45) is -6.24. The third-order valence-electron chi connectivity index (χ3n) is 7.77. The Morgan fingerprint density at radius 2 is 1.76 bits per heavy atom. The molecule has 1 saturated heterocycles. The minimum atomic E-state index is -4.92. The number of nitrogens with zero attached hydrogens (tertiary/aromatic N) is 4. The molecule has 228 valence electrons. The molecule has 42 heavy (non-hydrogen) atoms. The Balaban J connectivity index is 1.50. The zero-order valence-corrected chi connectivity index (χ0v) is 22.1. The van der Waals surface area contributed by atoms with Crippen molar-refractivity contribution in [2.75, 3.05) is 13.1 Å². The second-order valence-corrected chi connectivity index (χ2v) is 10.9. The number of hydrogen-bond donors (Lipinski definition) is 2.